The van der Waals surface area contributed by atoms with Crippen LogP contribution in [0, 0.1) is 0 Å². The summed E-state index contributed by atoms with van der Waals surface area (Å²) in [5.41, 5.74) is 2.31. The molecule has 1 N–H and O–H groups in total. The molecule has 1 amide bonds. The summed E-state index contributed by atoms with van der Waals surface area (Å²) in [6.45, 7) is 2.10. The Hall–Kier alpha value is -2.64. The minimum absolute atomic E-state index is 0.111. The maximum absolute atomic E-state index is 12.2. The first-order valence-electron chi connectivity index (χ1n) is 8.65. The quantitative estimate of drug-likeness (QED) is 0.443. The third-order valence-electron chi connectivity index (χ3n) is 3.89. The number of rotatable bonds is 6. The Labute approximate surface area is 172 Å². The molecule has 1 atom stereocenters. The Bertz CT molecular complexity index is 911. The van der Waals surface area contributed by atoms with Crippen molar-refractivity contribution >= 4 is 46.6 Å². The number of amidine groups is 1. The van der Waals surface area contributed by atoms with Gasteiger partial charge in [-0.05, 0) is 48.7 Å². The highest BCUT2D eigenvalue weighted by molar-refractivity contribution is 8.15. The molecule has 8 heteroatoms. The molecule has 0 radical (unpaired) electrons. The van der Waals surface area contributed by atoms with Crippen LogP contribution >= 0.6 is 23.4 Å². The van der Waals surface area contributed by atoms with Gasteiger partial charge in [-0.3, -0.25) is 4.79 Å². The summed E-state index contributed by atoms with van der Waals surface area (Å²) in [5, 5.41) is 11.6. The van der Waals surface area contributed by atoms with Crippen molar-refractivity contribution in [1.82, 2.24) is 5.32 Å². The third kappa shape index (κ3) is 5.43. The van der Waals surface area contributed by atoms with Gasteiger partial charge < -0.3 is 10.1 Å². The molecule has 0 aromatic heterocycles. The smallest absolute Gasteiger partial charge is 0.338 e. The monoisotopic (exact) mass is 415 g/mol. The van der Waals surface area contributed by atoms with Crippen LogP contribution in [-0.4, -0.2) is 35.1 Å². The molecule has 3 rings (SSSR count). The molecule has 144 valence electrons. The van der Waals surface area contributed by atoms with Gasteiger partial charge in [-0.25, -0.2) is 4.79 Å². The maximum atomic E-state index is 12.2. The first kappa shape index (κ1) is 20.1. The SMILES string of the molecule is CCOC(=O)c1ccc(C[C@@H]2S/C(=N/N=C\c3ccc(Cl)cc3)NC2=O)cc1. The van der Waals surface area contributed by atoms with E-state index < -0.39 is 0 Å². The topological polar surface area (TPSA) is 80.1 Å². The van der Waals surface area contributed by atoms with Crippen molar-refractivity contribution in [3.63, 3.8) is 0 Å². The summed E-state index contributed by atoms with van der Waals surface area (Å²) in [6, 6.07) is 14.3. The highest BCUT2D eigenvalue weighted by Gasteiger charge is 2.30. The fraction of sp³-hybridized carbons (Fsp3) is 0.200. The number of esters is 1. The number of carbonyl (C=O) groups excluding carboxylic acids is 2. The Balaban J connectivity index is 1.58. The molecular weight excluding hydrogens is 398 g/mol. The van der Waals surface area contributed by atoms with Gasteiger partial charge in [0, 0.05) is 5.02 Å². The van der Waals surface area contributed by atoms with E-state index in [4.69, 9.17) is 16.3 Å². The summed E-state index contributed by atoms with van der Waals surface area (Å²) in [5.74, 6) is -0.463. The molecular formula is C20H18ClN3O3S. The summed E-state index contributed by atoms with van der Waals surface area (Å²) < 4.78 is 4.96. The number of hydrogen-bond donors (Lipinski definition) is 1. The maximum Gasteiger partial charge on any atom is 0.338 e. The van der Waals surface area contributed by atoms with Crippen LogP contribution in [-0.2, 0) is 16.0 Å². The molecule has 1 aliphatic heterocycles. The number of amides is 1. The van der Waals surface area contributed by atoms with Gasteiger partial charge in [0.1, 0.15) is 0 Å². The molecule has 2 aromatic carbocycles. The van der Waals surface area contributed by atoms with Gasteiger partial charge in [0.15, 0.2) is 5.17 Å². The van der Waals surface area contributed by atoms with Crippen LogP contribution in [0.15, 0.2) is 58.7 Å². The number of hydrogen-bond acceptors (Lipinski definition) is 6. The molecule has 1 heterocycles. The van der Waals surface area contributed by atoms with E-state index in [1.54, 1.807) is 37.4 Å². The van der Waals surface area contributed by atoms with Crippen molar-refractivity contribution < 1.29 is 14.3 Å². The number of benzene rings is 2. The van der Waals surface area contributed by atoms with Crippen LogP contribution in [0.3, 0.4) is 0 Å². The summed E-state index contributed by atoms with van der Waals surface area (Å²) >= 11 is 7.17. The molecule has 6 nitrogen and oxygen atoms in total. The van der Waals surface area contributed by atoms with E-state index in [-0.39, 0.29) is 17.1 Å². The van der Waals surface area contributed by atoms with Crippen molar-refractivity contribution in [2.75, 3.05) is 6.61 Å². The van der Waals surface area contributed by atoms with Crippen LogP contribution in [0.25, 0.3) is 0 Å². The number of nitrogens with zero attached hydrogens (tertiary/aromatic N) is 2. The van der Waals surface area contributed by atoms with Gasteiger partial charge in [0.2, 0.25) is 5.91 Å². The van der Waals surface area contributed by atoms with Crippen molar-refractivity contribution in [2.45, 2.75) is 18.6 Å². The molecule has 0 bridgehead atoms. The Morgan fingerprint density at radius 3 is 2.61 bits per heavy atom. The molecule has 0 aliphatic carbocycles. The second-order valence-corrected chi connectivity index (χ2v) is 7.55. The predicted octanol–water partition coefficient (Wildman–Crippen LogP) is 3.68. The number of thioether (sulfide) groups is 1. The van der Waals surface area contributed by atoms with E-state index in [1.807, 2.05) is 24.3 Å². The van der Waals surface area contributed by atoms with Crippen LogP contribution < -0.4 is 5.32 Å². The molecule has 1 fully saturated rings. The molecule has 1 aliphatic rings. The van der Waals surface area contributed by atoms with Crippen molar-refractivity contribution in [3.8, 4) is 0 Å². The predicted molar refractivity (Wildman–Crippen MR) is 112 cm³/mol. The molecule has 0 unspecified atom stereocenters. The summed E-state index contributed by atoms with van der Waals surface area (Å²) in [4.78, 5) is 23.9. The minimum atomic E-state index is -0.352. The van der Waals surface area contributed by atoms with Crippen molar-refractivity contribution in [2.24, 2.45) is 10.2 Å². The van der Waals surface area contributed by atoms with E-state index >= 15 is 0 Å². The molecule has 0 saturated carbocycles. The normalized spacial score (nSPS) is 17.9. The van der Waals surface area contributed by atoms with Gasteiger partial charge in [-0.15, -0.1) is 5.10 Å². The van der Waals surface area contributed by atoms with E-state index in [0.717, 1.165) is 11.1 Å². The van der Waals surface area contributed by atoms with E-state index in [0.29, 0.717) is 28.8 Å². The van der Waals surface area contributed by atoms with Crippen LogP contribution in [0.2, 0.25) is 5.02 Å². The second-order valence-electron chi connectivity index (χ2n) is 5.92. The highest BCUT2D eigenvalue weighted by atomic mass is 35.5. The van der Waals surface area contributed by atoms with Gasteiger partial charge >= 0.3 is 5.97 Å². The van der Waals surface area contributed by atoms with Crippen molar-refractivity contribution in [1.29, 1.82) is 0 Å². The van der Waals surface area contributed by atoms with Crippen molar-refractivity contribution in [3.05, 3.63) is 70.2 Å². The third-order valence-corrected chi connectivity index (χ3v) is 5.21. The van der Waals surface area contributed by atoms with Gasteiger partial charge in [0.05, 0.1) is 23.6 Å². The number of halogens is 1. The largest absolute Gasteiger partial charge is 0.462 e. The Morgan fingerprint density at radius 1 is 1.21 bits per heavy atom. The van der Waals surface area contributed by atoms with Crippen LogP contribution in [0.1, 0.15) is 28.4 Å². The number of carbonyl (C=O) groups is 2. The highest BCUT2D eigenvalue weighted by Crippen LogP contribution is 2.23. The first-order chi connectivity index (χ1) is 13.5. The Morgan fingerprint density at radius 2 is 1.93 bits per heavy atom. The number of ether oxygens (including phenoxy) is 1. The Kier molecular flexibility index (Phi) is 6.84. The van der Waals surface area contributed by atoms with E-state index in [9.17, 15) is 9.59 Å². The lowest BCUT2D eigenvalue weighted by Gasteiger charge is -2.06. The minimum Gasteiger partial charge on any atom is -0.462 e. The molecule has 28 heavy (non-hydrogen) atoms. The molecule has 2 aromatic rings. The zero-order valence-electron chi connectivity index (χ0n) is 15.1. The van der Waals surface area contributed by atoms with E-state index in [2.05, 4.69) is 15.5 Å². The molecule has 1 saturated heterocycles. The van der Waals surface area contributed by atoms with Crippen LogP contribution in [0.4, 0.5) is 0 Å². The number of nitrogens with one attached hydrogen (secondary N) is 1. The summed E-state index contributed by atoms with van der Waals surface area (Å²) in [7, 11) is 0. The zero-order chi connectivity index (χ0) is 19.9. The fourth-order valence-electron chi connectivity index (χ4n) is 2.49. The lowest BCUT2D eigenvalue weighted by molar-refractivity contribution is -0.118. The van der Waals surface area contributed by atoms with Gasteiger partial charge in [0.25, 0.3) is 0 Å². The van der Waals surface area contributed by atoms with Gasteiger partial charge in [-0.1, -0.05) is 47.6 Å². The zero-order valence-corrected chi connectivity index (χ0v) is 16.7. The first-order valence-corrected chi connectivity index (χ1v) is 9.91. The van der Waals surface area contributed by atoms with E-state index in [1.165, 1.54) is 11.8 Å². The van der Waals surface area contributed by atoms with Gasteiger partial charge in [-0.2, -0.15) is 5.10 Å². The lowest BCUT2D eigenvalue weighted by atomic mass is 10.1. The average Bonchev–Trinajstić information content (AvgIpc) is 3.03. The average molecular weight is 416 g/mol. The standard InChI is InChI=1S/C20H18ClN3O3S/c1-2-27-19(26)15-7-3-13(4-8-15)11-17-18(25)23-20(28-17)24-22-12-14-5-9-16(21)10-6-14/h3-10,12,17H,2,11H2,1H3,(H,23,24,25)/b22-12-/t17-/m0/s1. The molecule has 0 spiro atoms. The van der Waals surface area contributed by atoms with Crippen LogP contribution in [0.5, 0.6) is 0 Å². The fourth-order valence-corrected chi connectivity index (χ4v) is 3.58. The second kappa shape index (κ2) is 9.52. The summed E-state index contributed by atoms with van der Waals surface area (Å²) in [6.07, 6.45) is 2.12. The lowest BCUT2D eigenvalue weighted by Crippen LogP contribution is -2.25.